The first-order chi connectivity index (χ1) is 13.7. The average Bonchev–Trinajstić information content (AvgIpc) is 3.45. The molecule has 2 aromatic heterocycles. The molecule has 2 saturated heterocycles. The lowest BCUT2D eigenvalue weighted by molar-refractivity contribution is 0.00729. The van der Waals surface area contributed by atoms with Gasteiger partial charge in [0.15, 0.2) is 5.58 Å². The first kappa shape index (κ1) is 18.4. The fourth-order valence-corrected chi connectivity index (χ4v) is 5.71. The van der Waals surface area contributed by atoms with E-state index in [2.05, 4.69) is 31.1 Å². The fourth-order valence-electron chi connectivity index (χ4n) is 5.18. The lowest BCUT2D eigenvalue weighted by Gasteiger charge is -2.36. The molecule has 2 aromatic rings. The van der Waals surface area contributed by atoms with Crippen LogP contribution >= 0.6 is 15.9 Å². The topological polar surface area (TPSA) is 74.3 Å². The Bertz CT molecular complexity index is 907. The molecular weight excluding hydrogens is 420 g/mol. The van der Waals surface area contributed by atoms with Crippen LogP contribution in [0.15, 0.2) is 21.2 Å². The highest BCUT2D eigenvalue weighted by Crippen LogP contribution is 2.38. The van der Waals surface area contributed by atoms with Gasteiger partial charge in [0.1, 0.15) is 11.9 Å². The molecule has 0 radical (unpaired) electrons. The maximum absolute atomic E-state index is 9.04. The maximum Gasteiger partial charge on any atom is 0.204 e. The third kappa shape index (κ3) is 3.32. The van der Waals surface area contributed by atoms with Crippen LogP contribution in [0.2, 0.25) is 0 Å². The third-order valence-corrected chi connectivity index (χ3v) is 7.51. The molecule has 6 nitrogen and oxygen atoms in total. The zero-order chi connectivity index (χ0) is 19.1. The number of nitrogens with one attached hydrogen (secondary N) is 1. The maximum atomic E-state index is 9.04. The molecule has 28 heavy (non-hydrogen) atoms. The third-order valence-electron chi connectivity index (χ3n) is 6.71. The molecule has 1 saturated carbocycles. The predicted octanol–water partition coefficient (Wildman–Crippen LogP) is 4.44. The smallest absolute Gasteiger partial charge is 0.204 e. The molecule has 2 aliphatic heterocycles. The summed E-state index contributed by atoms with van der Waals surface area (Å²) in [4.78, 5) is 7.18. The number of aromatic nitrogens is 1. The molecule has 1 atom stereocenters. The van der Waals surface area contributed by atoms with Crippen molar-refractivity contribution in [1.29, 1.82) is 5.26 Å². The molecule has 0 aromatic carbocycles. The van der Waals surface area contributed by atoms with Crippen LogP contribution < -0.4 is 5.32 Å². The minimum Gasteiger partial charge on any atom is -0.444 e. The van der Waals surface area contributed by atoms with E-state index in [1.165, 1.54) is 38.6 Å². The normalized spacial score (nSPS) is 30.9. The van der Waals surface area contributed by atoms with E-state index in [1.54, 1.807) is 12.3 Å². The Hall–Kier alpha value is -1.62. The summed E-state index contributed by atoms with van der Waals surface area (Å²) in [5, 5.41) is 13.5. The van der Waals surface area contributed by atoms with Crippen LogP contribution in [0.3, 0.4) is 0 Å². The second-order valence-corrected chi connectivity index (χ2v) is 9.22. The van der Waals surface area contributed by atoms with Crippen molar-refractivity contribution in [3.05, 3.63) is 22.5 Å². The average molecular weight is 445 g/mol. The number of fused-ring (bicyclic) bond motifs is 1. The summed E-state index contributed by atoms with van der Waals surface area (Å²) in [7, 11) is 0. The van der Waals surface area contributed by atoms with E-state index in [4.69, 9.17) is 14.4 Å². The summed E-state index contributed by atoms with van der Waals surface area (Å²) in [5.41, 5.74) is 0.807. The van der Waals surface area contributed by atoms with Crippen molar-refractivity contribution >= 4 is 32.7 Å². The lowest BCUT2D eigenvalue weighted by Crippen LogP contribution is -2.41. The van der Waals surface area contributed by atoms with E-state index in [9.17, 15) is 0 Å². The van der Waals surface area contributed by atoms with Crippen molar-refractivity contribution in [2.45, 2.75) is 62.6 Å². The molecule has 0 bridgehead atoms. The number of nitriles is 1. The van der Waals surface area contributed by atoms with E-state index in [-0.39, 0.29) is 5.60 Å². The second-order valence-electron chi connectivity index (χ2n) is 8.43. The largest absolute Gasteiger partial charge is 0.444 e. The monoisotopic (exact) mass is 444 g/mol. The number of ether oxygens (including phenoxy) is 1. The molecule has 5 rings (SSSR count). The minimum atomic E-state index is 0.173. The van der Waals surface area contributed by atoms with Gasteiger partial charge < -0.3 is 14.5 Å². The highest BCUT2D eigenvalue weighted by Gasteiger charge is 2.43. The number of anilines is 1. The Morgan fingerprint density at radius 2 is 2.14 bits per heavy atom. The summed E-state index contributed by atoms with van der Waals surface area (Å²) in [6.45, 7) is 3.26. The molecule has 1 N–H and O–H groups in total. The molecular formula is C21H25BrN4O2. The number of nitrogens with zero attached hydrogens (tertiary/aromatic N) is 3. The Labute approximate surface area is 173 Å². The van der Waals surface area contributed by atoms with E-state index in [0.29, 0.717) is 23.4 Å². The van der Waals surface area contributed by atoms with Gasteiger partial charge in [-0.05, 0) is 60.9 Å². The van der Waals surface area contributed by atoms with Gasteiger partial charge in [-0.1, -0.05) is 0 Å². The van der Waals surface area contributed by atoms with Crippen LogP contribution in [-0.2, 0) is 4.74 Å². The van der Waals surface area contributed by atoms with Gasteiger partial charge in [0.05, 0.1) is 16.3 Å². The van der Waals surface area contributed by atoms with Crippen LogP contribution in [0.5, 0.6) is 0 Å². The Balaban J connectivity index is 1.20. The van der Waals surface area contributed by atoms with Crippen molar-refractivity contribution in [3.63, 3.8) is 0 Å². The van der Waals surface area contributed by atoms with Gasteiger partial charge in [-0.2, -0.15) is 5.26 Å². The fraction of sp³-hybridized carbons (Fsp3) is 0.619. The summed E-state index contributed by atoms with van der Waals surface area (Å²) in [5.74, 6) is 1.14. The number of hydrogen-bond acceptors (Lipinski definition) is 6. The number of likely N-dealkylation sites (tertiary alicyclic amines) is 1. The SMILES string of the molecule is N#Cc1cc2c(Br)c(NC3CCC(N4CCC5(CCCO5)C4)CC3)ncc2o1. The molecule has 148 valence electrons. The second kappa shape index (κ2) is 7.33. The van der Waals surface area contributed by atoms with E-state index in [0.717, 1.165) is 41.7 Å². The predicted molar refractivity (Wildman–Crippen MR) is 110 cm³/mol. The zero-order valence-corrected chi connectivity index (χ0v) is 17.5. The number of pyridine rings is 1. The number of halogens is 1. The number of rotatable bonds is 3. The lowest BCUT2D eigenvalue weighted by atomic mass is 9.90. The molecule has 3 aliphatic rings. The van der Waals surface area contributed by atoms with Gasteiger partial charge in [0.2, 0.25) is 5.76 Å². The highest BCUT2D eigenvalue weighted by molar-refractivity contribution is 9.10. The molecule has 4 heterocycles. The molecule has 3 fully saturated rings. The van der Waals surface area contributed by atoms with Crippen LogP contribution in [-0.4, -0.2) is 47.3 Å². The van der Waals surface area contributed by atoms with Crippen molar-refractivity contribution in [2.24, 2.45) is 0 Å². The quantitative estimate of drug-likeness (QED) is 0.753. The number of hydrogen-bond donors (Lipinski definition) is 1. The standard InChI is InChI=1S/C21H25BrN4O2/c22-19-17-10-16(11-23)28-18(17)12-24-20(19)25-14-2-4-15(5-3-14)26-8-7-21(13-26)6-1-9-27-21/h10,12,14-15H,1-9,13H2,(H,24,25). The van der Waals surface area contributed by atoms with E-state index in [1.807, 2.05) is 6.07 Å². The molecule has 0 amide bonds. The Morgan fingerprint density at radius 3 is 2.89 bits per heavy atom. The Morgan fingerprint density at radius 1 is 1.29 bits per heavy atom. The number of furan rings is 1. The van der Waals surface area contributed by atoms with E-state index < -0.39 is 0 Å². The molecule has 1 unspecified atom stereocenters. The van der Waals surface area contributed by atoms with Gasteiger partial charge in [0.25, 0.3) is 0 Å². The van der Waals surface area contributed by atoms with Crippen molar-refractivity contribution in [3.8, 4) is 6.07 Å². The minimum absolute atomic E-state index is 0.173. The first-order valence-corrected chi connectivity index (χ1v) is 11.1. The molecule has 1 aliphatic carbocycles. The summed E-state index contributed by atoms with van der Waals surface area (Å²) < 4.78 is 12.4. The summed E-state index contributed by atoms with van der Waals surface area (Å²) in [6, 6.07) is 4.92. The van der Waals surface area contributed by atoms with Crippen LogP contribution in [0.25, 0.3) is 11.0 Å². The van der Waals surface area contributed by atoms with Gasteiger partial charge >= 0.3 is 0 Å². The van der Waals surface area contributed by atoms with Crippen molar-refractivity contribution in [2.75, 3.05) is 25.0 Å². The van der Waals surface area contributed by atoms with Crippen LogP contribution in [0.4, 0.5) is 5.82 Å². The van der Waals surface area contributed by atoms with Crippen LogP contribution in [0.1, 0.15) is 50.7 Å². The van der Waals surface area contributed by atoms with Gasteiger partial charge in [-0.25, -0.2) is 4.98 Å². The zero-order valence-electron chi connectivity index (χ0n) is 15.9. The van der Waals surface area contributed by atoms with Gasteiger partial charge in [-0.15, -0.1) is 0 Å². The van der Waals surface area contributed by atoms with Crippen molar-refractivity contribution < 1.29 is 9.15 Å². The first-order valence-electron chi connectivity index (χ1n) is 10.3. The highest BCUT2D eigenvalue weighted by atomic mass is 79.9. The summed E-state index contributed by atoms with van der Waals surface area (Å²) >= 11 is 3.63. The van der Waals surface area contributed by atoms with Gasteiger partial charge in [-0.3, -0.25) is 4.90 Å². The Kier molecular flexibility index (Phi) is 4.82. The van der Waals surface area contributed by atoms with Crippen LogP contribution in [0, 0.1) is 11.3 Å². The van der Waals surface area contributed by atoms with Gasteiger partial charge in [0, 0.05) is 43.2 Å². The summed E-state index contributed by atoms with van der Waals surface area (Å²) in [6.07, 6.45) is 10.1. The molecule has 1 spiro atoms. The molecule has 7 heteroatoms. The van der Waals surface area contributed by atoms with Crippen molar-refractivity contribution in [1.82, 2.24) is 9.88 Å². The van der Waals surface area contributed by atoms with E-state index >= 15 is 0 Å².